The van der Waals surface area contributed by atoms with Crippen LogP contribution in [0.15, 0.2) is 59.8 Å². The minimum absolute atomic E-state index is 0.0931. The van der Waals surface area contributed by atoms with Crippen molar-refractivity contribution < 1.29 is 9.53 Å². The molecule has 0 saturated carbocycles. The van der Waals surface area contributed by atoms with E-state index >= 15 is 0 Å². The highest BCUT2D eigenvalue weighted by molar-refractivity contribution is 8.00. The predicted octanol–water partition coefficient (Wildman–Crippen LogP) is 3.61. The quantitative estimate of drug-likeness (QED) is 0.673. The lowest BCUT2D eigenvalue weighted by atomic mass is 10.2. The number of benzene rings is 2. The summed E-state index contributed by atoms with van der Waals surface area (Å²) >= 11 is 1.37. The third kappa shape index (κ3) is 4.05. The van der Waals surface area contributed by atoms with Crippen molar-refractivity contribution in [1.82, 2.24) is 14.8 Å². The monoisotopic (exact) mass is 368 g/mol. The minimum Gasteiger partial charge on any atom is -0.497 e. The first-order valence-electron chi connectivity index (χ1n) is 8.15. The zero-order valence-electron chi connectivity index (χ0n) is 14.8. The molecule has 0 aliphatic rings. The van der Waals surface area contributed by atoms with Crippen LogP contribution in [0.2, 0.25) is 0 Å². The molecule has 0 aliphatic heterocycles. The summed E-state index contributed by atoms with van der Waals surface area (Å²) in [4.78, 5) is 12.4. The number of carbonyl (C=O) groups is 1. The van der Waals surface area contributed by atoms with Crippen LogP contribution in [0.25, 0.3) is 11.4 Å². The van der Waals surface area contributed by atoms with E-state index in [0.29, 0.717) is 5.16 Å². The Morgan fingerprint density at radius 2 is 1.81 bits per heavy atom. The third-order valence-corrected chi connectivity index (χ3v) is 5.01. The van der Waals surface area contributed by atoms with E-state index in [1.807, 2.05) is 73.1 Å². The maximum Gasteiger partial charge on any atom is 0.237 e. The summed E-state index contributed by atoms with van der Waals surface area (Å²) < 4.78 is 7.02. The number of nitrogens with one attached hydrogen (secondary N) is 1. The molecule has 1 unspecified atom stereocenters. The number of carbonyl (C=O) groups excluding carboxylic acids is 1. The highest BCUT2D eigenvalue weighted by atomic mass is 32.2. The highest BCUT2D eigenvalue weighted by Gasteiger charge is 2.19. The molecule has 134 valence electrons. The molecule has 0 bridgehead atoms. The number of hydrogen-bond donors (Lipinski definition) is 1. The van der Waals surface area contributed by atoms with E-state index in [1.165, 1.54) is 11.8 Å². The Labute approximate surface area is 156 Å². The average Bonchev–Trinajstić information content (AvgIpc) is 3.03. The van der Waals surface area contributed by atoms with Crippen molar-refractivity contribution in [3.63, 3.8) is 0 Å². The van der Waals surface area contributed by atoms with E-state index in [1.54, 1.807) is 7.11 Å². The predicted molar refractivity (Wildman–Crippen MR) is 103 cm³/mol. The Bertz CT molecular complexity index is 878. The average molecular weight is 368 g/mol. The number of amides is 1. The zero-order valence-corrected chi connectivity index (χ0v) is 15.7. The van der Waals surface area contributed by atoms with Crippen LogP contribution in [-0.2, 0) is 11.8 Å². The molecule has 6 nitrogen and oxygen atoms in total. The molecule has 0 saturated heterocycles. The standard InChI is InChI=1S/C19H20N4O2S/c1-13(18(24)20-15-9-11-16(25-3)12-10-15)26-19-22-21-17(23(19)2)14-7-5-4-6-8-14/h4-13H,1-3H3,(H,20,24). The Hall–Kier alpha value is -2.80. The van der Waals surface area contributed by atoms with E-state index in [2.05, 4.69) is 15.5 Å². The smallest absolute Gasteiger partial charge is 0.237 e. The van der Waals surface area contributed by atoms with Gasteiger partial charge in [0.05, 0.1) is 12.4 Å². The summed E-state index contributed by atoms with van der Waals surface area (Å²) in [5, 5.41) is 11.7. The molecule has 26 heavy (non-hydrogen) atoms. The summed E-state index contributed by atoms with van der Waals surface area (Å²) in [7, 11) is 3.51. The molecular weight excluding hydrogens is 348 g/mol. The van der Waals surface area contributed by atoms with Gasteiger partial charge in [0, 0.05) is 18.3 Å². The fourth-order valence-corrected chi connectivity index (χ4v) is 3.20. The lowest BCUT2D eigenvalue weighted by Gasteiger charge is -2.12. The van der Waals surface area contributed by atoms with Crippen LogP contribution in [0.5, 0.6) is 5.75 Å². The van der Waals surface area contributed by atoms with Crippen molar-refractivity contribution in [1.29, 1.82) is 0 Å². The summed E-state index contributed by atoms with van der Waals surface area (Å²) in [6.07, 6.45) is 0. The van der Waals surface area contributed by atoms with Gasteiger partial charge < -0.3 is 14.6 Å². The first-order chi connectivity index (χ1) is 12.6. The molecular formula is C19H20N4O2S. The molecule has 0 fully saturated rings. The number of thioether (sulfide) groups is 1. The van der Waals surface area contributed by atoms with Gasteiger partial charge in [-0.3, -0.25) is 4.79 Å². The molecule has 7 heteroatoms. The second kappa shape index (κ2) is 8.05. The summed E-state index contributed by atoms with van der Waals surface area (Å²) in [6.45, 7) is 1.85. The molecule has 0 aliphatic carbocycles. The fourth-order valence-electron chi connectivity index (χ4n) is 2.39. The van der Waals surface area contributed by atoms with Crippen molar-refractivity contribution in [2.45, 2.75) is 17.3 Å². The first kappa shape index (κ1) is 18.0. The minimum atomic E-state index is -0.316. The molecule has 1 aromatic heterocycles. The number of nitrogens with zero attached hydrogens (tertiary/aromatic N) is 3. The molecule has 3 rings (SSSR count). The Morgan fingerprint density at radius 3 is 2.46 bits per heavy atom. The van der Waals surface area contributed by atoms with E-state index in [9.17, 15) is 4.79 Å². The molecule has 1 amide bonds. The SMILES string of the molecule is COc1ccc(NC(=O)C(C)Sc2nnc(-c3ccccc3)n2C)cc1. The largest absolute Gasteiger partial charge is 0.497 e. The van der Waals surface area contributed by atoms with E-state index in [-0.39, 0.29) is 11.2 Å². The van der Waals surface area contributed by atoms with Gasteiger partial charge in [0.1, 0.15) is 5.75 Å². The van der Waals surface area contributed by atoms with Crippen LogP contribution in [-0.4, -0.2) is 33.0 Å². The second-order valence-corrected chi connectivity index (χ2v) is 7.02. The van der Waals surface area contributed by atoms with E-state index in [4.69, 9.17) is 4.74 Å². The first-order valence-corrected chi connectivity index (χ1v) is 9.03. The highest BCUT2D eigenvalue weighted by Crippen LogP contribution is 2.26. The number of methoxy groups -OCH3 is 1. The number of ether oxygens (including phenoxy) is 1. The number of anilines is 1. The van der Waals surface area contributed by atoms with Gasteiger partial charge in [-0.1, -0.05) is 42.1 Å². The van der Waals surface area contributed by atoms with Gasteiger partial charge in [-0.25, -0.2) is 0 Å². The van der Waals surface area contributed by atoms with Crippen molar-refractivity contribution >= 4 is 23.4 Å². The fraction of sp³-hybridized carbons (Fsp3) is 0.211. The lowest BCUT2D eigenvalue weighted by molar-refractivity contribution is -0.115. The van der Waals surface area contributed by atoms with E-state index < -0.39 is 0 Å². The third-order valence-electron chi connectivity index (χ3n) is 3.88. The van der Waals surface area contributed by atoms with Crippen molar-refractivity contribution in [2.24, 2.45) is 7.05 Å². The van der Waals surface area contributed by atoms with Crippen LogP contribution in [0.4, 0.5) is 5.69 Å². The van der Waals surface area contributed by atoms with Crippen LogP contribution >= 0.6 is 11.8 Å². The molecule has 1 atom stereocenters. The maximum absolute atomic E-state index is 12.4. The Kier molecular flexibility index (Phi) is 5.58. The molecule has 0 spiro atoms. The molecule has 0 radical (unpaired) electrons. The van der Waals surface area contributed by atoms with Gasteiger partial charge in [-0.15, -0.1) is 10.2 Å². The summed E-state index contributed by atoms with van der Waals surface area (Å²) in [5.41, 5.74) is 1.72. The number of hydrogen-bond acceptors (Lipinski definition) is 5. The Morgan fingerprint density at radius 1 is 1.12 bits per heavy atom. The number of rotatable bonds is 6. The summed E-state index contributed by atoms with van der Waals surface area (Å²) in [6, 6.07) is 17.1. The van der Waals surface area contributed by atoms with Gasteiger partial charge in [0.2, 0.25) is 5.91 Å². The summed E-state index contributed by atoms with van der Waals surface area (Å²) in [5.74, 6) is 1.43. The van der Waals surface area contributed by atoms with Crippen LogP contribution in [0.3, 0.4) is 0 Å². The van der Waals surface area contributed by atoms with Gasteiger partial charge in [0.25, 0.3) is 0 Å². The molecule has 1 N–H and O–H groups in total. The van der Waals surface area contributed by atoms with Crippen molar-refractivity contribution in [2.75, 3.05) is 12.4 Å². The van der Waals surface area contributed by atoms with Gasteiger partial charge in [-0.2, -0.15) is 0 Å². The van der Waals surface area contributed by atoms with Gasteiger partial charge in [-0.05, 0) is 31.2 Å². The zero-order chi connectivity index (χ0) is 18.5. The van der Waals surface area contributed by atoms with Crippen molar-refractivity contribution in [3.8, 4) is 17.1 Å². The normalized spacial score (nSPS) is 11.8. The van der Waals surface area contributed by atoms with E-state index in [0.717, 1.165) is 22.8 Å². The van der Waals surface area contributed by atoms with Gasteiger partial charge >= 0.3 is 0 Å². The van der Waals surface area contributed by atoms with Crippen LogP contribution in [0, 0.1) is 0 Å². The topological polar surface area (TPSA) is 69.0 Å². The maximum atomic E-state index is 12.4. The van der Waals surface area contributed by atoms with Crippen LogP contribution < -0.4 is 10.1 Å². The van der Waals surface area contributed by atoms with Gasteiger partial charge in [0.15, 0.2) is 11.0 Å². The van der Waals surface area contributed by atoms with Crippen molar-refractivity contribution in [3.05, 3.63) is 54.6 Å². The molecule has 3 aromatic rings. The molecule has 1 heterocycles. The lowest BCUT2D eigenvalue weighted by Crippen LogP contribution is -2.22. The van der Waals surface area contributed by atoms with Crippen LogP contribution in [0.1, 0.15) is 6.92 Å². The second-order valence-electron chi connectivity index (χ2n) is 5.71. The Balaban J connectivity index is 1.66. The number of aromatic nitrogens is 3. The molecule has 2 aromatic carbocycles.